The molecule has 0 radical (unpaired) electrons. The maximum Gasteiger partial charge on any atom is 0.0956 e. The molecule has 5 N–H and O–H groups in total. The minimum absolute atomic E-state index is 0.00951. The Bertz CT molecular complexity index is 568. The van der Waals surface area contributed by atoms with Crippen LogP contribution in [0.4, 0.5) is 5.69 Å². The summed E-state index contributed by atoms with van der Waals surface area (Å²) in [5.74, 6) is -0.668. The van der Waals surface area contributed by atoms with Crippen molar-refractivity contribution in [2.75, 3.05) is 25.1 Å². The van der Waals surface area contributed by atoms with E-state index in [1.807, 2.05) is 0 Å². The third-order valence-electron chi connectivity index (χ3n) is 3.28. The summed E-state index contributed by atoms with van der Waals surface area (Å²) in [7, 11) is 0. The number of hydrogen-bond donors (Lipinski definition) is 5. The summed E-state index contributed by atoms with van der Waals surface area (Å²) >= 11 is -4.98. The van der Waals surface area contributed by atoms with E-state index >= 15 is 0 Å². The van der Waals surface area contributed by atoms with Gasteiger partial charge in [0.15, 0.2) is 0 Å². The van der Waals surface area contributed by atoms with Crippen LogP contribution in [0.5, 0.6) is 5.75 Å². The number of carbonyl (C=O) groups is 1. The number of benzene rings is 1. The monoisotopic (exact) mass is 390 g/mol. The molecule has 0 aromatic heterocycles. The summed E-state index contributed by atoms with van der Waals surface area (Å²) < 4.78 is 28.6. The van der Waals surface area contributed by atoms with Gasteiger partial charge in [-0.25, -0.2) is 0 Å². The van der Waals surface area contributed by atoms with Gasteiger partial charge in [0.25, 0.3) is 0 Å². The van der Waals surface area contributed by atoms with Crippen LogP contribution in [-0.2, 0) is 8.53 Å². The van der Waals surface area contributed by atoms with Gasteiger partial charge in [-0.15, -0.1) is 0 Å². The molecule has 0 bridgehead atoms. The molecule has 9 heteroatoms. The largest absolute Gasteiger partial charge is 0.381 e. The Hall–Kier alpha value is -1.31. The van der Waals surface area contributed by atoms with Crippen molar-refractivity contribution in [1.29, 1.82) is 0 Å². The van der Waals surface area contributed by atoms with Crippen molar-refractivity contribution < 1.29 is 26.9 Å². The van der Waals surface area contributed by atoms with E-state index in [1.165, 1.54) is 26.2 Å². The van der Waals surface area contributed by atoms with Crippen molar-refractivity contribution in [1.82, 2.24) is 4.90 Å². The van der Waals surface area contributed by atoms with Crippen LogP contribution >= 0.6 is 0 Å². The molecule has 1 heterocycles. The van der Waals surface area contributed by atoms with Crippen molar-refractivity contribution >= 4 is 30.1 Å². The van der Waals surface area contributed by atoms with Crippen LogP contribution in [0.25, 0.3) is 0 Å². The fourth-order valence-electron chi connectivity index (χ4n) is 2.10. The molecule has 23 heavy (non-hydrogen) atoms. The minimum atomic E-state index is -4.98. The van der Waals surface area contributed by atoms with Gasteiger partial charge in [0, 0.05) is 13.1 Å². The van der Waals surface area contributed by atoms with Gasteiger partial charge in [-0.1, -0.05) is 6.42 Å². The average molecular weight is 390 g/mol. The molecule has 0 atom stereocenters. The summed E-state index contributed by atoms with van der Waals surface area (Å²) in [5.41, 5.74) is -0.00951. The van der Waals surface area contributed by atoms with Gasteiger partial charge >= 0.3 is 88.1 Å². The van der Waals surface area contributed by atoms with E-state index in [9.17, 15) is 13.6 Å². The summed E-state index contributed by atoms with van der Waals surface area (Å²) in [6, 6.07) is 3.32. The van der Waals surface area contributed by atoms with E-state index in [1.54, 1.807) is 0 Å². The molecular formula is C14H23AsN2O6. The predicted octanol–water partition coefficient (Wildman–Crippen LogP) is -0.666. The fraction of sp³-hybridized carbons (Fsp3) is 0.500. The molecule has 0 spiro atoms. The quantitative estimate of drug-likeness (QED) is 0.342. The third-order valence-corrected chi connectivity index (χ3v) is 5.27. The Morgan fingerprint density at radius 2 is 1.87 bits per heavy atom. The molecule has 0 unspecified atom stereocenters. The van der Waals surface area contributed by atoms with Crippen LogP contribution in [0.1, 0.15) is 26.2 Å². The van der Waals surface area contributed by atoms with E-state index in [4.69, 9.17) is 13.3 Å². The molecule has 1 aliphatic rings. The predicted molar refractivity (Wildman–Crippen MR) is 85.4 cm³/mol. The molecule has 0 saturated carbocycles. The molecule has 1 amide bonds. The standard InChI is InChI=1S/C8H10AsNO5.C6H13NO/c1-5(11)10-7-4-6(9(13,14)15)2-3-8(7)12;8-6-7-4-2-1-3-5-7/h2-4,12H,1H3,(H,10,11)(H2,13,14,15);8H,1-6H2. The zero-order chi connectivity index (χ0) is 17.5. The minimum Gasteiger partial charge on any atom is -0.381 e. The molecule has 0 aliphatic carbocycles. The van der Waals surface area contributed by atoms with Crippen LogP contribution in [0.3, 0.4) is 0 Å². The van der Waals surface area contributed by atoms with Gasteiger partial charge in [0.05, 0.1) is 6.73 Å². The molecule has 2 rings (SSSR count). The number of rotatable bonds is 3. The van der Waals surface area contributed by atoms with Crippen LogP contribution < -0.4 is 9.67 Å². The number of phenols is 1. The number of piperidine rings is 1. The van der Waals surface area contributed by atoms with E-state index in [0.717, 1.165) is 31.3 Å². The van der Waals surface area contributed by atoms with Crippen LogP contribution in [0, 0.1) is 0 Å². The van der Waals surface area contributed by atoms with Gasteiger partial charge < -0.3 is 5.11 Å². The Labute approximate surface area is 137 Å². The molecule has 1 aromatic rings. The van der Waals surface area contributed by atoms with E-state index < -0.39 is 20.1 Å². The summed E-state index contributed by atoms with van der Waals surface area (Å²) in [6.07, 6.45) is 3.87. The number of hydrogen-bond acceptors (Lipinski definition) is 5. The second-order valence-electron chi connectivity index (χ2n) is 5.25. The first kappa shape index (κ1) is 19.7. The van der Waals surface area contributed by atoms with Gasteiger partial charge in [0.2, 0.25) is 0 Å². The van der Waals surface area contributed by atoms with Gasteiger partial charge in [0.1, 0.15) is 0 Å². The second kappa shape index (κ2) is 9.10. The fourth-order valence-corrected chi connectivity index (χ4v) is 3.28. The number of phenolic OH excluding ortho intramolecular Hbond substituents is 1. The van der Waals surface area contributed by atoms with Crippen molar-refractivity contribution in [3.8, 4) is 5.75 Å². The van der Waals surface area contributed by atoms with E-state index in [0.29, 0.717) is 0 Å². The molecule has 1 aromatic carbocycles. The summed E-state index contributed by atoms with van der Waals surface area (Å²) in [5, 5.41) is 20.2. The zero-order valence-electron chi connectivity index (χ0n) is 13.0. The number of aromatic hydroxyl groups is 1. The molecule has 8 nitrogen and oxygen atoms in total. The number of aliphatic hydroxyl groups excluding tert-OH is 1. The number of carbonyl (C=O) groups excluding carboxylic acids is 1. The average Bonchev–Trinajstić information content (AvgIpc) is 2.49. The third kappa shape index (κ3) is 7.20. The van der Waals surface area contributed by atoms with Gasteiger partial charge in [-0.05, 0) is 12.8 Å². The molecule has 1 saturated heterocycles. The van der Waals surface area contributed by atoms with Crippen molar-refractivity contribution in [3.63, 3.8) is 0 Å². The zero-order valence-corrected chi connectivity index (χ0v) is 14.9. The number of amides is 1. The smallest absolute Gasteiger partial charge is 0.0956 e. The Balaban J connectivity index is 0.000000277. The second-order valence-corrected chi connectivity index (χ2v) is 8.61. The summed E-state index contributed by atoms with van der Waals surface area (Å²) in [4.78, 5) is 12.8. The Morgan fingerprint density at radius 3 is 2.30 bits per heavy atom. The maximum absolute atomic E-state index is 10.9. The van der Waals surface area contributed by atoms with E-state index in [-0.39, 0.29) is 22.5 Å². The number of nitrogens with one attached hydrogen (secondary N) is 1. The number of nitrogens with zero attached hydrogens (tertiary/aromatic N) is 1. The van der Waals surface area contributed by atoms with Gasteiger partial charge in [-0.2, -0.15) is 0 Å². The van der Waals surface area contributed by atoms with Crippen molar-refractivity contribution in [2.45, 2.75) is 26.2 Å². The van der Waals surface area contributed by atoms with Crippen molar-refractivity contribution in [2.24, 2.45) is 0 Å². The summed E-state index contributed by atoms with van der Waals surface area (Å²) in [6.45, 7) is 3.67. The van der Waals surface area contributed by atoms with Crippen LogP contribution in [0.15, 0.2) is 18.2 Å². The molecular weight excluding hydrogens is 367 g/mol. The maximum atomic E-state index is 10.9. The normalized spacial score (nSPS) is 15.5. The molecule has 130 valence electrons. The Morgan fingerprint density at radius 1 is 1.26 bits per heavy atom. The van der Waals surface area contributed by atoms with E-state index in [2.05, 4.69) is 10.2 Å². The first-order valence-corrected chi connectivity index (χ1v) is 10.6. The van der Waals surface area contributed by atoms with Crippen LogP contribution in [0.2, 0.25) is 0 Å². The van der Waals surface area contributed by atoms with Gasteiger partial charge in [-0.3, -0.25) is 4.90 Å². The Kier molecular flexibility index (Phi) is 7.81. The first-order chi connectivity index (χ1) is 10.7. The number of anilines is 1. The molecule has 1 fully saturated rings. The first-order valence-electron chi connectivity index (χ1n) is 7.24. The molecule has 1 aliphatic heterocycles. The SMILES string of the molecule is CC(=O)Nc1cc([As](=O)(O)O)ccc1O.OCN1CCCCC1. The topological polar surface area (TPSA) is 130 Å². The number of aliphatic hydroxyl groups is 1. The van der Waals surface area contributed by atoms with Crippen LogP contribution in [-0.4, -0.2) is 63.2 Å². The number of likely N-dealkylation sites (tertiary alicyclic amines) is 1. The van der Waals surface area contributed by atoms with Crippen molar-refractivity contribution in [3.05, 3.63) is 18.2 Å².